The fraction of sp³-hybridized carbons (Fsp3) is 0.207. The van der Waals surface area contributed by atoms with Crippen LogP contribution in [0.2, 0.25) is 5.02 Å². The number of aryl methyl sites for hydroxylation is 2. The van der Waals surface area contributed by atoms with Crippen molar-refractivity contribution in [3.8, 4) is 17.1 Å². The number of carbonyl (C=O) groups excluding carboxylic acids is 1. The summed E-state index contributed by atoms with van der Waals surface area (Å²) in [5.41, 5.74) is 2.16. The summed E-state index contributed by atoms with van der Waals surface area (Å²) in [5.74, 6) is -0.264. The Labute approximate surface area is 217 Å². The van der Waals surface area contributed by atoms with Crippen molar-refractivity contribution in [2.24, 2.45) is 0 Å². The minimum Gasteiger partial charge on any atom is -0.475 e. The number of nitrogens with zero attached hydrogens (tertiary/aromatic N) is 2. The van der Waals surface area contributed by atoms with Crippen LogP contribution in [0.5, 0.6) is 5.75 Å². The first-order chi connectivity index (χ1) is 17.8. The van der Waals surface area contributed by atoms with Crippen LogP contribution in [0.15, 0.2) is 80.7 Å². The molecule has 5 aromatic rings. The molecule has 0 saturated carbocycles. The molecule has 1 atom stereocenters. The number of hydrogen-bond acceptors (Lipinski definition) is 5. The Morgan fingerprint density at radius 3 is 2.35 bits per heavy atom. The smallest absolute Gasteiger partial charge is 0.329 e. The van der Waals surface area contributed by atoms with Gasteiger partial charge in [0.25, 0.3) is 0 Å². The van der Waals surface area contributed by atoms with E-state index in [1.807, 2.05) is 13.8 Å². The van der Waals surface area contributed by atoms with E-state index in [2.05, 4.69) is 0 Å². The largest absolute Gasteiger partial charge is 0.475 e. The van der Waals surface area contributed by atoms with E-state index >= 15 is 0 Å². The van der Waals surface area contributed by atoms with Crippen molar-refractivity contribution < 1.29 is 13.9 Å². The van der Waals surface area contributed by atoms with Crippen molar-refractivity contribution in [3.05, 3.63) is 98.0 Å². The van der Waals surface area contributed by atoms with E-state index in [-0.39, 0.29) is 23.0 Å². The number of benzene rings is 3. The van der Waals surface area contributed by atoms with Gasteiger partial charge < -0.3 is 9.15 Å². The van der Waals surface area contributed by atoms with Gasteiger partial charge in [0.1, 0.15) is 5.58 Å². The lowest BCUT2D eigenvalue weighted by Gasteiger charge is -2.17. The first-order valence-corrected chi connectivity index (χ1v) is 12.5. The first-order valence-electron chi connectivity index (χ1n) is 12.1. The highest BCUT2D eigenvalue weighted by Crippen LogP contribution is 2.35. The van der Waals surface area contributed by atoms with Gasteiger partial charge in [-0.15, -0.1) is 0 Å². The number of fused-ring (bicyclic) bond motifs is 2. The zero-order valence-electron chi connectivity index (χ0n) is 20.7. The fourth-order valence-electron chi connectivity index (χ4n) is 4.60. The molecule has 0 aliphatic rings. The van der Waals surface area contributed by atoms with Gasteiger partial charge >= 0.3 is 5.69 Å². The lowest BCUT2D eigenvalue weighted by molar-refractivity contribution is 0.0815. The number of ketones is 1. The molecule has 0 N–H and O–H groups in total. The van der Waals surface area contributed by atoms with Crippen molar-refractivity contribution in [2.75, 3.05) is 0 Å². The highest BCUT2D eigenvalue weighted by Gasteiger charge is 2.25. The van der Waals surface area contributed by atoms with E-state index in [4.69, 9.17) is 20.8 Å². The van der Waals surface area contributed by atoms with Crippen LogP contribution in [0.3, 0.4) is 0 Å². The third-order valence-corrected chi connectivity index (χ3v) is 6.80. The van der Waals surface area contributed by atoms with Crippen LogP contribution in [-0.4, -0.2) is 21.0 Å². The maximum Gasteiger partial charge on any atom is 0.329 e. The number of ether oxygens (including phenoxy) is 1. The zero-order chi connectivity index (χ0) is 26.3. The minimum atomic E-state index is -1.02. The van der Waals surface area contributed by atoms with Crippen LogP contribution < -0.4 is 15.9 Å². The van der Waals surface area contributed by atoms with Gasteiger partial charge in [-0.05, 0) is 63.2 Å². The molecule has 0 bridgehead atoms. The zero-order valence-corrected chi connectivity index (χ0v) is 21.4. The molecule has 0 fully saturated rings. The van der Waals surface area contributed by atoms with Gasteiger partial charge in [0.15, 0.2) is 11.9 Å². The number of rotatable bonds is 7. The molecule has 3 aromatic carbocycles. The topological polar surface area (TPSA) is 83.4 Å². The minimum absolute atomic E-state index is 0.0867. The average molecular weight is 517 g/mol. The number of carbonyl (C=O) groups is 1. The van der Waals surface area contributed by atoms with Crippen LogP contribution >= 0.6 is 11.6 Å². The number of halogens is 1. The van der Waals surface area contributed by atoms with Crippen LogP contribution in [-0.2, 0) is 13.1 Å². The molecule has 0 aliphatic heterocycles. The van der Waals surface area contributed by atoms with Crippen molar-refractivity contribution in [2.45, 2.75) is 40.0 Å². The summed E-state index contributed by atoms with van der Waals surface area (Å²) in [6.45, 7) is 6.38. The second-order valence-electron chi connectivity index (χ2n) is 8.66. The second-order valence-corrected chi connectivity index (χ2v) is 9.07. The molecule has 8 heteroatoms. The highest BCUT2D eigenvalue weighted by molar-refractivity contribution is 6.33. The van der Waals surface area contributed by atoms with Gasteiger partial charge in [-0.2, -0.15) is 0 Å². The Kier molecular flexibility index (Phi) is 6.48. The molecule has 0 spiro atoms. The van der Waals surface area contributed by atoms with Crippen LogP contribution in [0.25, 0.3) is 33.3 Å². The summed E-state index contributed by atoms with van der Waals surface area (Å²) < 4.78 is 15.4. The maximum atomic E-state index is 13.5. The first kappa shape index (κ1) is 24.6. The summed E-state index contributed by atoms with van der Waals surface area (Å²) in [5, 5.41) is 0.718. The number of para-hydroxylation sites is 1. The van der Waals surface area contributed by atoms with E-state index in [1.54, 1.807) is 82.8 Å². The van der Waals surface area contributed by atoms with Crippen molar-refractivity contribution in [1.82, 2.24) is 9.13 Å². The average Bonchev–Trinajstić information content (AvgIpc) is 3.19. The fourth-order valence-corrected chi connectivity index (χ4v) is 4.83. The molecule has 37 heavy (non-hydrogen) atoms. The van der Waals surface area contributed by atoms with Gasteiger partial charge in [0.05, 0.1) is 21.4 Å². The van der Waals surface area contributed by atoms with Crippen molar-refractivity contribution in [1.29, 1.82) is 0 Å². The molecule has 0 aliphatic carbocycles. The summed E-state index contributed by atoms with van der Waals surface area (Å²) >= 11 is 6.43. The molecule has 2 heterocycles. The quantitative estimate of drug-likeness (QED) is 0.251. The molecule has 2 aromatic heterocycles. The van der Waals surface area contributed by atoms with Crippen molar-refractivity contribution in [3.63, 3.8) is 0 Å². The SMILES string of the molecule is CCn1c(=O)n(CC)c2cc(C(=O)C(C)Oc3c(-c4ccccc4Cl)oc4ccccc4c3=O)ccc21. The van der Waals surface area contributed by atoms with Gasteiger partial charge in [-0.25, -0.2) is 4.79 Å². The molecule has 5 rings (SSSR count). The lowest BCUT2D eigenvalue weighted by atomic mass is 10.1. The van der Waals surface area contributed by atoms with Crippen LogP contribution in [0.1, 0.15) is 31.1 Å². The summed E-state index contributed by atoms with van der Waals surface area (Å²) in [4.78, 5) is 39.7. The Hall–Kier alpha value is -4.10. The molecule has 0 radical (unpaired) electrons. The van der Waals surface area contributed by atoms with Gasteiger partial charge in [-0.3, -0.25) is 18.7 Å². The highest BCUT2D eigenvalue weighted by atomic mass is 35.5. The monoisotopic (exact) mass is 516 g/mol. The Balaban J connectivity index is 1.59. The van der Waals surface area contributed by atoms with E-state index in [9.17, 15) is 14.4 Å². The summed E-state index contributed by atoms with van der Waals surface area (Å²) in [6, 6.07) is 19.0. The third kappa shape index (κ3) is 4.15. The number of aromatic nitrogens is 2. The molecule has 1 unspecified atom stereocenters. The molecule has 7 nitrogen and oxygen atoms in total. The van der Waals surface area contributed by atoms with Crippen molar-refractivity contribution >= 4 is 39.4 Å². The van der Waals surface area contributed by atoms with E-state index in [0.717, 1.165) is 5.52 Å². The number of hydrogen-bond donors (Lipinski definition) is 0. The standard InChI is InChI=1S/C29H25ClN2O5/c1-4-31-22-15-14-18(16-23(22)32(5-2)29(31)35)25(33)17(3)36-28-26(34)20-11-7-9-13-24(20)37-27(28)19-10-6-8-12-21(19)30/h6-17H,4-5H2,1-3H3. The van der Waals surface area contributed by atoms with Gasteiger partial charge in [0, 0.05) is 24.2 Å². The second kappa shape index (κ2) is 9.75. The summed E-state index contributed by atoms with van der Waals surface area (Å²) in [7, 11) is 0. The predicted molar refractivity (Wildman–Crippen MR) is 145 cm³/mol. The molecule has 188 valence electrons. The summed E-state index contributed by atoms with van der Waals surface area (Å²) in [6.07, 6.45) is -1.02. The Bertz CT molecular complexity index is 1780. The predicted octanol–water partition coefficient (Wildman–Crippen LogP) is 5.92. The van der Waals surface area contributed by atoms with Crippen LogP contribution in [0, 0.1) is 0 Å². The van der Waals surface area contributed by atoms with E-state index in [1.165, 1.54) is 0 Å². The maximum absolute atomic E-state index is 13.5. The van der Waals surface area contributed by atoms with E-state index in [0.29, 0.717) is 45.7 Å². The van der Waals surface area contributed by atoms with E-state index < -0.39 is 11.5 Å². The lowest BCUT2D eigenvalue weighted by Crippen LogP contribution is -2.27. The van der Waals surface area contributed by atoms with Crippen LogP contribution in [0.4, 0.5) is 0 Å². The van der Waals surface area contributed by atoms with Gasteiger partial charge in [0.2, 0.25) is 17.0 Å². The molecule has 0 saturated heterocycles. The van der Waals surface area contributed by atoms with Gasteiger partial charge in [-0.1, -0.05) is 35.9 Å². The molecule has 0 amide bonds. The Morgan fingerprint density at radius 2 is 1.62 bits per heavy atom. The Morgan fingerprint density at radius 1 is 0.946 bits per heavy atom. The molecular weight excluding hydrogens is 492 g/mol. The normalized spacial score (nSPS) is 12.2. The number of Topliss-reactive ketones (excluding diaryl/α,β-unsaturated/α-hetero) is 1. The molecular formula is C29H25ClN2O5. The third-order valence-electron chi connectivity index (χ3n) is 6.47. The number of imidazole rings is 1.